The lowest BCUT2D eigenvalue weighted by molar-refractivity contribution is 0.282. The molecule has 2 N–H and O–H groups in total. The Morgan fingerprint density at radius 2 is 2.00 bits per heavy atom. The number of methoxy groups -OCH3 is 1. The summed E-state index contributed by atoms with van der Waals surface area (Å²) < 4.78 is 12.4. The van der Waals surface area contributed by atoms with Crippen LogP contribution in [0.3, 0.4) is 0 Å². The van der Waals surface area contributed by atoms with Crippen LogP contribution in [-0.4, -0.2) is 23.3 Å². The second-order valence-electron chi connectivity index (χ2n) is 6.53. The maximum absolute atomic E-state index is 6.24. The number of anilines is 1. The second-order valence-corrected chi connectivity index (χ2v) is 8.54. The van der Waals surface area contributed by atoms with Crippen LogP contribution in [-0.2, 0) is 6.61 Å². The minimum atomic E-state index is 0.295. The average Bonchev–Trinajstić information content (AvgIpc) is 3.16. The first kappa shape index (κ1) is 21.7. The van der Waals surface area contributed by atoms with Crippen molar-refractivity contribution in [3.8, 4) is 11.5 Å². The highest BCUT2D eigenvalue weighted by Gasteiger charge is 2.12. The zero-order valence-corrected chi connectivity index (χ0v) is 20.0. The number of nitrogens with one attached hydrogen (secondary N) is 2. The molecule has 0 aliphatic heterocycles. The van der Waals surface area contributed by atoms with Crippen LogP contribution in [0.4, 0.5) is 5.95 Å². The van der Waals surface area contributed by atoms with Gasteiger partial charge in [0.1, 0.15) is 6.61 Å². The summed E-state index contributed by atoms with van der Waals surface area (Å²) in [5, 5.41) is 5.41. The molecule has 0 spiro atoms. The Morgan fingerprint density at radius 3 is 2.77 bits per heavy atom. The van der Waals surface area contributed by atoms with Crippen LogP contribution in [0.25, 0.3) is 11.0 Å². The number of halogens is 3. The van der Waals surface area contributed by atoms with Crippen molar-refractivity contribution in [2.24, 2.45) is 5.10 Å². The average molecular weight is 567 g/mol. The van der Waals surface area contributed by atoms with Gasteiger partial charge in [-0.2, -0.15) is 5.10 Å². The highest BCUT2D eigenvalue weighted by Crippen LogP contribution is 2.35. The molecule has 4 aromatic rings. The number of imidazole rings is 1. The molecule has 0 aliphatic carbocycles. The summed E-state index contributed by atoms with van der Waals surface area (Å²) in [6.45, 7) is 0.295. The number of fused-ring (bicyclic) bond motifs is 1. The van der Waals surface area contributed by atoms with E-state index in [1.807, 2.05) is 42.5 Å². The fourth-order valence-electron chi connectivity index (χ4n) is 2.92. The van der Waals surface area contributed by atoms with Crippen LogP contribution < -0.4 is 14.9 Å². The number of hydrogen-bond acceptors (Lipinski definition) is 5. The molecule has 4 rings (SSSR count). The summed E-state index contributed by atoms with van der Waals surface area (Å²) in [4.78, 5) is 7.59. The van der Waals surface area contributed by atoms with E-state index in [-0.39, 0.29) is 0 Å². The molecule has 31 heavy (non-hydrogen) atoms. The molecule has 0 saturated heterocycles. The Kier molecular flexibility index (Phi) is 6.84. The predicted octanol–water partition coefficient (Wildman–Crippen LogP) is 6.51. The fourth-order valence-corrected chi connectivity index (χ4v) is 4.16. The van der Waals surface area contributed by atoms with Gasteiger partial charge < -0.3 is 14.5 Å². The van der Waals surface area contributed by atoms with Crippen LogP contribution in [0.2, 0.25) is 10.0 Å². The molecule has 0 radical (unpaired) electrons. The maximum atomic E-state index is 6.24. The van der Waals surface area contributed by atoms with Gasteiger partial charge in [-0.05, 0) is 64.6 Å². The molecule has 1 aromatic heterocycles. The molecule has 158 valence electrons. The highest BCUT2D eigenvalue weighted by atomic mass is 127. The van der Waals surface area contributed by atoms with E-state index in [4.69, 9.17) is 32.7 Å². The summed E-state index contributed by atoms with van der Waals surface area (Å²) in [5.74, 6) is 1.80. The van der Waals surface area contributed by atoms with Gasteiger partial charge in [-0.1, -0.05) is 41.4 Å². The quantitative estimate of drug-likeness (QED) is 0.152. The Morgan fingerprint density at radius 1 is 1.16 bits per heavy atom. The van der Waals surface area contributed by atoms with E-state index in [1.54, 1.807) is 25.5 Å². The number of aromatic nitrogens is 2. The van der Waals surface area contributed by atoms with Gasteiger partial charge in [0.15, 0.2) is 11.5 Å². The minimum absolute atomic E-state index is 0.295. The van der Waals surface area contributed by atoms with Crippen molar-refractivity contribution >= 4 is 69.0 Å². The summed E-state index contributed by atoms with van der Waals surface area (Å²) in [6.07, 6.45) is 1.69. The molecule has 0 unspecified atom stereocenters. The van der Waals surface area contributed by atoms with Crippen molar-refractivity contribution in [1.29, 1.82) is 0 Å². The highest BCUT2D eigenvalue weighted by molar-refractivity contribution is 14.1. The van der Waals surface area contributed by atoms with Crippen molar-refractivity contribution in [3.63, 3.8) is 0 Å². The molecule has 0 bridgehead atoms. The van der Waals surface area contributed by atoms with Gasteiger partial charge in [-0.15, -0.1) is 0 Å². The lowest BCUT2D eigenvalue weighted by atomic mass is 10.2. The maximum Gasteiger partial charge on any atom is 0.222 e. The molecule has 0 fully saturated rings. The van der Waals surface area contributed by atoms with Crippen LogP contribution in [0.15, 0.2) is 59.7 Å². The Labute approximate surface area is 202 Å². The third-order valence-corrected chi connectivity index (χ3v) is 5.80. The summed E-state index contributed by atoms with van der Waals surface area (Å²) >= 11 is 14.4. The number of nitrogens with zero attached hydrogens (tertiary/aromatic N) is 2. The van der Waals surface area contributed by atoms with Gasteiger partial charge >= 0.3 is 0 Å². The van der Waals surface area contributed by atoms with E-state index in [2.05, 4.69) is 43.1 Å². The van der Waals surface area contributed by atoms with Crippen molar-refractivity contribution in [2.45, 2.75) is 6.61 Å². The number of aromatic amines is 1. The van der Waals surface area contributed by atoms with Crippen LogP contribution in [0.5, 0.6) is 11.5 Å². The zero-order valence-electron chi connectivity index (χ0n) is 16.3. The Bertz CT molecular complexity index is 1230. The Balaban J connectivity index is 1.48. The predicted molar refractivity (Wildman–Crippen MR) is 134 cm³/mol. The van der Waals surface area contributed by atoms with Crippen molar-refractivity contribution in [3.05, 3.63) is 79.3 Å². The molecule has 1 heterocycles. The number of hydrazone groups is 1. The first-order chi connectivity index (χ1) is 15.0. The van der Waals surface area contributed by atoms with Gasteiger partial charge in [0, 0.05) is 15.6 Å². The number of benzene rings is 3. The number of hydrogen-bond donors (Lipinski definition) is 2. The Hall–Kier alpha value is -2.49. The number of H-pyrrole nitrogens is 1. The molecular formula is C22H17Cl2IN4O2. The molecular weight excluding hydrogens is 550 g/mol. The molecule has 0 amide bonds. The molecule has 0 atom stereocenters. The fraction of sp³-hybridized carbons (Fsp3) is 0.0909. The third-order valence-electron chi connectivity index (χ3n) is 4.41. The lowest BCUT2D eigenvalue weighted by Gasteiger charge is -2.14. The number of rotatable bonds is 7. The largest absolute Gasteiger partial charge is 0.493 e. The van der Waals surface area contributed by atoms with E-state index in [0.717, 1.165) is 25.7 Å². The smallest absolute Gasteiger partial charge is 0.222 e. The lowest BCUT2D eigenvalue weighted by Crippen LogP contribution is -2.01. The van der Waals surface area contributed by atoms with E-state index in [1.165, 1.54) is 0 Å². The van der Waals surface area contributed by atoms with E-state index in [0.29, 0.717) is 34.1 Å². The molecule has 0 saturated carbocycles. The SMILES string of the molecule is COc1cc(/C=N/Nc2nc3ccccc3[nH]2)cc(I)c1OCc1ccc(Cl)cc1Cl. The first-order valence-electron chi connectivity index (χ1n) is 9.21. The summed E-state index contributed by atoms with van der Waals surface area (Å²) in [6, 6.07) is 16.9. The van der Waals surface area contributed by atoms with E-state index >= 15 is 0 Å². The standard InChI is InChI=1S/C22H17Cl2IN4O2/c1-30-20-9-13(11-26-29-22-27-18-4-2-3-5-19(18)28-22)8-17(25)21(20)31-12-14-6-7-15(23)10-16(14)24/h2-11H,12H2,1H3,(H2,27,28,29)/b26-11+. The number of para-hydroxylation sites is 2. The first-order valence-corrected chi connectivity index (χ1v) is 11.0. The molecule has 3 aromatic carbocycles. The summed E-state index contributed by atoms with van der Waals surface area (Å²) in [5.41, 5.74) is 6.42. The van der Waals surface area contributed by atoms with Crippen LogP contribution in [0, 0.1) is 3.57 Å². The van der Waals surface area contributed by atoms with Gasteiger partial charge in [0.25, 0.3) is 0 Å². The monoisotopic (exact) mass is 566 g/mol. The zero-order chi connectivity index (χ0) is 21.8. The van der Waals surface area contributed by atoms with Gasteiger partial charge in [0.2, 0.25) is 5.95 Å². The normalized spacial score (nSPS) is 11.2. The topological polar surface area (TPSA) is 71.5 Å². The van der Waals surface area contributed by atoms with Crippen molar-refractivity contribution < 1.29 is 9.47 Å². The van der Waals surface area contributed by atoms with Crippen LogP contribution in [0.1, 0.15) is 11.1 Å². The third kappa shape index (κ3) is 5.23. The van der Waals surface area contributed by atoms with Gasteiger partial charge in [-0.25, -0.2) is 10.4 Å². The van der Waals surface area contributed by atoms with E-state index in [9.17, 15) is 0 Å². The van der Waals surface area contributed by atoms with E-state index < -0.39 is 0 Å². The van der Waals surface area contributed by atoms with Gasteiger partial charge in [-0.3, -0.25) is 0 Å². The van der Waals surface area contributed by atoms with Crippen molar-refractivity contribution in [1.82, 2.24) is 9.97 Å². The number of ether oxygens (including phenoxy) is 2. The van der Waals surface area contributed by atoms with Gasteiger partial charge in [0.05, 0.1) is 27.9 Å². The molecule has 9 heteroatoms. The van der Waals surface area contributed by atoms with Crippen LogP contribution >= 0.6 is 45.8 Å². The molecule has 6 nitrogen and oxygen atoms in total. The minimum Gasteiger partial charge on any atom is -0.493 e. The summed E-state index contributed by atoms with van der Waals surface area (Å²) in [7, 11) is 1.60. The second kappa shape index (κ2) is 9.76. The van der Waals surface area contributed by atoms with Crippen molar-refractivity contribution in [2.75, 3.05) is 12.5 Å². The molecule has 0 aliphatic rings.